The Morgan fingerprint density at radius 1 is 0.941 bits per heavy atom. The summed E-state index contributed by atoms with van der Waals surface area (Å²) in [5.74, 6) is -6.14. The summed E-state index contributed by atoms with van der Waals surface area (Å²) in [6.07, 6.45) is 0.677. The molecule has 5 nitrogen and oxygen atoms in total. The number of piperidine rings is 1. The van der Waals surface area contributed by atoms with E-state index in [0.717, 1.165) is 28.7 Å². The predicted octanol–water partition coefficient (Wildman–Crippen LogP) is 0.419. The zero-order chi connectivity index (χ0) is 23.0. The van der Waals surface area contributed by atoms with Crippen LogP contribution in [0.2, 0.25) is 0 Å². The van der Waals surface area contributed by atoms with E-state index in [4.69, 9.17) is 9.47 Å². The van der Waals surface area contributed by atoms with Crippen molar-refractivity contribution in [2.45, 2.75) is 56.3 Å². The number of hydrogen-bond acceptors (Lipinski definition) is 4. The summed E-state index contributed by atoms with van der Waals surface area (Å²) in [4.78, 5) is 13.3. The van der Waals surface area contributed by atoms with Crippen LogP contribution in [0.1, 0.15) is 31.4 Å². The molecule has 34 heavy (non-hydrogen) atoms. The third kappa shape index (κ3) is 3.94. The van der Waals surface area contributed by atoms with Gasteiger partial charge in [0.1, 0.15) is 30.4 Å². The Morgan fingerprint density at radius 2 is 1.38 bits per heavy atom. The molecule has 0 amide bonds. The highest BCUT2D eigenvalue weighted by molar-refractivity contribution is 5.85. The van der Waals surface area contributed by atoms with Gasteiger partial charge in [0.15, 0.2) is 23.3 Å². The molecule has 5 rings (SSSR count). The zero-order valence-corrected chi connectivity index (χ0v) is 19.4. The lowest BCUT2D eigenvalue weighted by Gasteiger charge is -2.45. The maximum atomic E-state index is 13.9. The normalized spacial score (nSPS) is 28.3. The van der Waals surface area contributed by atoms with Gasteiger partial charge in [-0.2, -0.15) is 0 Å². The standard InChI is InChI=1S/C23H22F4NO4.CH4.BrH/c1-28(2)18-9-13(10-19(28)21-20(18)32-21)31-22(29)23(30,11-3-5-14(24)16(26)7-11)12-4-6-15(25)17(27)8-12;;/h3-8,13,18-21,30H,9-10H2,1-2H3;1H4;1H/q+1;;/p-1/t13?,18-,19?,20+,21?;;/m0../s1. The van der Waals surface area contributed by atoms with Gasteiger partial charge in [-0.25, -0.2) is 22.4 Å². The molecule has 3 aliphatic heterocycles. The first-order valence-corrected chi connectivity index (χ1v) is 10.4. The molecule has 0 aromatic heterocycles. The Labute approximate surface area is 205 Å². The number of esters is 1. The molecule has 0 radical (unpaired) electrons. The number of quaternary nitrogens is 1. The van der Waals surface area contributed by atoms with E-state index in [0.29, 0.717) is 25.0 Å². The third-order valence-corrected chi connectivity index (χ3v) is 7.28. The maximum Gasteiger partial charge on any atom is 0.347 e. The average molecular weight is 548 g/mol. The number of fused-ring (bicyclic) bond motifs is 5. The number of nitrogens with zero attached hydrogens (tertiary/aromatic N) is 1. The smallest absolute Gasteiger partial charge is 0.347 e. The minimum Gasteiger partial charge on any atom is -1.00 e. The topological polar surface area (TPSA) is 59.1 Å². The number of carbonyl (C=O) groups is 1. The summed E-state index contributed by atoms with van der Waals surface area (Å²) in [6, 6.07) is 5.04. The number of halogens is 5. The van der Waals surface area contributed by atoms with E-state index in [1.54, 1.807) is 0 Å². The summed E-state index contributed by atoms with van der Waals surface area (Å²) >= 11 is 0. The summed E-state index contributed by atoms with van der Waals surface area (Å²) in [6.45, 7) is 0. The molecule has 1 N–H and O–H groups in total. The number of aliphatic hydroxyl groups is 1. The summed E-state index contributed by atoms with van der Waals surface area (Å²) in [7, 11) is 4.20. The molecule has 0 saturated carbocycles. The molecular formula is C24H26BrF4NO4. The van der Waals surface area contributed by atoms with Gasteiger partial charge in [0.2, 0.25) is 5.60 Å². The van der Waals surface area contributed by atoms with Crippen molar-refractivity contribution in [3.63, 3.8) is 0 Å². The van der Waals surface area contributed by atoms with Gasteiger partial charge in [0.05, 0.1) is 14.1 Å². The number of likely N-dealkylation sites (N-methyl/N-ethyl adjacent to an activating group) is 1. The maximum absolute atomic E-state index is 13.9. The Bertz CT molecular complexity index is 1040. The third-order valence-electron chi connectivity index (χ3n) is 7.28. The molecule has 2 aromatic carbocycles. The highest BCUT2D eigenvalue weighted by Crippen LogP contribution is 2.52. The van der Waals surface area contributed by atoms with Crippen molar-refractivity contribution >= 4 is 5.97 Å². The van der Waals surface area contributed by atoms with Gasteiger partial charge in [-0.05, 0) is 24.3 Å². The molecule has 5 atom stereocenters. The molecule has 186 valence electrons. The van der Waals surface area contributed by atoms with Crippen molar-refractivity contribution in [2.75, 3.05) is 14.1 Å². The van der Waals surface area contributed by atoms with Gasteiger partial charge in [0, 0.05) is 24.0 Å². The molecule has 3 aliphatic rings. The van der Waals surface area contributed by atoms with Crippen molar-refractivity contribution in [3.05, 3.63) is 70.8 Å². The fourth-order valence-electron chi connectivity index (χ4n) is 5.38. The number of rotatable bonds is 4. The molecule has 3 unspecified atom stereocenters. The molecule has 2 aromatic rings. The fraction of sp³-hybridized carbons (Fsp3) is 0.458. The minimum atomic E-state index is -2.66. The van der Waals surface area contributed by atoms with Crippen LogP contribution in [0.5, 0.6) is 0 Å². The van der Waals surface area contributed by atoms with E-state index in [9.17, 15) is 27.5 Å². The molecule has 3 saturated heterocycles. The zero-order valence-electron chi connectivity index (χ0n) is 17.8. The van der Waals surface area contributed by atoms with E-state index < -0.39 is 40.9 Å². The van der Waals surface area contributed by atoms with Crippen molar-refractivity contribution in [3.8, 4) is 0 Å². The molecule has 3 fully saturated rings. The quantitative estimate of drug-likeness (QED) is 0.261. The number of benzene rings is 2. The predicted molar refractivity (Wildman–Crippen MR) is 110 cm³/mol. The average Bonchev–Trinajstić information content (AvgIpc) is 3.50. The molecule has 0 spiro atoms. The molecular weight excluding hydrogens is 522 g/mol. The Kier molecular flexibility index (Phi) is 6.95. The minimum absolute atomic E-state index is 0. The fourth-order valence-corrected chi connectivity index (χ4v) is 5.38. The highest BCUT2D eigenvalue weighted by atomic mass is 79.9. The van der Waals surface area contributed by atoms with E-state index in [2.05, 4.69) is 14.1 Å². The number of morpholine rings is 1. The first kappa shape index (κ1) is 26.6. The SMILES string of the molecule is C.C[N+]1(C)C2CC(OC(=O)C(O)(c3ccc(F)c(F)c3)c3ccc(F)c(F)c3)C[C@H]1[C@H]1OC21.[Br-]. The van der Waals surface area contributed by atoms with Crippen LogP contribution in [0, 0.1) is 23.3 Å². The van der Waals surface area contributed by atoms with E-state index in [1.165, 1.54) is 0 Å². The van der Waals surface area contributed by atoms with E-state index >= 15 is 0 Å². The first-order chi connectivity index (χ1) is 15.0. The van der Waals surface area contributed by atoms with Gasteiger partial charge in [-0.1, -0.05) is 19.6 Å². The van der Waals surface area contributed by atoms with E-state index in [1.807, 2.05) is 0 Å². The van der Waals surface area contributed by atoms with Gasteiger partial charge >= 0.3 is 5.97 Å². The monoisotopic (exact) mass is 547 g/mol. The van der Waals surface area contributed by atoms with Crippen LogP contribution in [-0.2, 0) is 19.9 Å². The summed E-state index contributed by atoms with van der Waals surface area (Å²) in [5, 5.41) is 11.4. The number of hydrogen-bond donors (Lipinski definition) is 1. The van der Waals surface area contributed by atoms with E-state index in [-0.39, 0.29) is 59.8 Å². The summed E-state index contributed by atoms with van der Waals surface area (Å²) in [5.41, 5.74) is -3.37. The Morgan fingerprint density at radius 3 is 1.79 bits per heavy atom. The molecule has 10 heteroatoms. The number of ether oxygens (including phenoxy) is 2. The number of epoxide rings is 1. The second-order valence-electron chi connectivity index (χ2n) is 9.30. The van der Waals surface area contributed by atoms with Crippen molar-refractivity contribution in [1.29, 1.82) is 0 Å². The Hall–Kier alpha value is -2.01. The van der Waals surface area contributed by atoms with Crippen molar-refractivity contribution < 1.29 is 58.4 Å². The molecule has 2 bridgehead atoms. The molecule has 3 heterocycles. The summed E-state index contributed by atoms with van der Waals surface area (Å²) < 4.78 is 67.0. The number of carbonyl (C=O) groups excluding carboxylic acids is 1. The lowest BCUT2D eigenvalue weighted by Crippen LogP contribution is -3.00. The van der Waals surface area contributed by atoms with Gasteiger partial charge in [-0.15, -0.1) is 0 Å². The van der Waals surface area contributed by atoms with Crippen LogP contribution in [0.25, 0.3) is 0 Å². The largest absolute Gasteiger partial charge is 1.00 e. The molecule has 0 aliphatic carbocycles. The van der Waals surface area contributed by atoms with Crippen LogP contribution >= 0.6 is 0 Å². The van der Waals surface area contributed by atoms with Crippen LogP contribution in [0.4, 0.5) is 17.6 Å². The van der Waals surface area contributed by atoms with Crippen LogP contribution in [0.15, 0.2) is 36.4 Å². The lowest BCUT2D eigenvalue weighted by atomic mass is 9.85. The van der Waals surface area contributed by atoms with Crippen molar-refractivity contribution in [1.82, 2.24) is 0 Å². The van der Waals surface area contributed by atoms with Crippen molar-refractivity contribution in [2.24, 2.45) is 0 Å². The van der Waals surface area contributed by atoms with Crippen LogP contribution in [-0.4, -0.2) is 60.0 Å². The second kappa shape index (κ2) is 8.89. The van der Waals surface area contributed by atoms with Gasteiger partial charge in [0.25, 0.3) is 0 Å². The second-order valence-corrected chi connectivity index (χ2v) is 9.30. The van der Waals surface area contributed by atoms with Gasteiger partial charge in [-0.3, -0.25) is 0 Å². The van der Waals surface area contributed by atoms with Crippen LogP contribution < -0.4 is 17.0 Å². The lowest BCUT2D eigenvalue weighted by molar-refractivity contribution is -0.938. The first-order valence-electron chi connectivity index (χ1n) is 10.4. The Balaban J connectivity index is 0.00000162. The van der Waals surface area contributed by atoms with Crippen LogP contribution in [0.3, 0.4) is 0 Å². The highest BCUT2D eigenvalue weighted by Gasteiger charge is 2.71. The van der Waals surface area contributed by atoms with Gasteiger partial charge < -0.3 is 36.0 Å².